The molecule has 36 heavy (non-hydrogen) atoms. The van der Waals surface area contributed by atoms with Crippen LogP contribution in [0.3, 0.4) is 0 Å². The van der Waals surface area contributed by atoms with Crippen molar-refractivity contribution in [3.8, 4) is 0 Å². The maximum atomic E-state index is 12.4. The molecule has 0 aliphatic heterocycles. The Kier molecular flexibility index (Phi) is 6.26. The van der Waals surface area contributed by atoms with Gasteiger partial charge >= 0.3 is 0 Å². The highest BCUT2D eigenvalue weighted by atomic mass is 16.1. The Morgan fingerprint density at radius 3 is 2.56 bits per heavy atom. The molecule has 0 bridgehead atoms. The second-order valence-corrected chi connectivity index (χ2v) is 10.2. The molecule has 0 fully saturated rings. The summed E-state index contributed by atoms with van der Waals surface area (Å²) in [6.45, 7) is 11.1. The Morgan fingerprint density at radius 2 is 1.83 bits per heavy atom. The van der Waals surface area contributed by atoms with Crippen molar-refractivity contribution < 1.29 is 4.79 Å². The largest absolute Gasteiger partial charge is 0.333 e. The van der Waals surface area contributed by atoms with Crippen LogP contribution in [0.5, 0.6) is 0 Å². The zero-order valence-electron chi connectivity index (χ0n) is 21.9. The van der Waals surface area contributed by atoms with E-state index in [9.17, 15) is 4.79 Å². The van der Waals surface area contributed by atoms with Crippen LogP contribution < -0.4 is 0 Å². The van der Waals surface area contributed by atoms with Gasteiger partial charge in [-0.3, -0.25) is 4.79 Å². The van der Waals surface area contributed by atoms with E-state index in [2.05, 4.69) is 99.0 Å². The van der Waals surface area contributed by atoms with E-state index in [1.165, 1.54) is 33.7 Å². The fourth-order valence-electron chi connectivity index (χ4n) is 5.68. The minimum Gasteiger partial charge on any atom is -0.333 e. The molecule has 3 heteroatoms. The first-order valence-corrected chi connectivity index (χ1v) is 12.8. The second-order valence-electron chi connectivity index (χ2n) is 10.2. The lowest BCUT2D eigenvalue weighted by molar-refractivity contribution is -0.112. The molecule has 0 radical (unpaired) electrons. The van der Waals surface area contributed by atoms with Crippen molar-refractivity contribution in [3.63, 3.8) is 0 Å². The molecule has 0 amide bonds. The van der Waals surface area contributed by atoms with Crippen LogP contribution in [0.1, 0.15) is 66.4 Å². The summed E-state index contributed by atoms with van der Waals surface area (Å²) >= 11 is 0. The molecule has 3 nitrogen and oxygen atoms in total. The number of nitrogens with zero attached hydrogens (tertiary/aromatic N) is 2. The topological polar surface area (TPSA) is 34.9 Å². The zero-order valence-corrected chi connectivity index (χ0v) is 21.9. The number of aromatic nitrogens is 2. The smallest absolute Gasteiger partial charge is 0.153 e. The SMILES string of the molecule is CCn1cnc2c1C(c1ccc(C)cc1)(c1ccc(C)c(/C(=C\C(C)=O)C3=CCC=CC(C)=C3)c1)C2. The summed E-state index contributed by atoms with van der Waals surface area (Å²) in [6, 6.07) is 15.7. The highest BCUT2D eigenvalue weighted by molar-refractivity contribution is 6.00. The van der Waals surface area contributed by atoms with Gasteiger partial charge in [-0.25, -0.2) is 4.98 Å². The molecule has 3 aromatic rings. The lowest BCUT2D eigenvalue weighted by Crippen LogP contribution is -2.43. The predicted octanol–water partition coefficient (Wildman–Crippen LogP) is 7.22. The van der Waals surface area contributed by atoms with Crippen molar-refractivity contribution in [2.24, 2.45) is 0 Å². The van der Waals surface area contributed by atoms with Crippen molar-refractivity contribution in [1.29, 1.82) is 0 Å². The van der Waals surface area contributed by atoms with Crippen LogP contribution in [0.15, 0.2) is 90.3 Å². The minimum atomic E-state index is -0.259. The summed E-state index contributed by atoms with van der Waals surface area (Å²) < 4.78 is 2.29. The Balaban J connectivity index is 1.73. The number of carbonyl (C=O) groups excluding carboxylic acids is 1. The first kappa shape index (κ1) is 24.0. The van der Waals surface area contributed by atoms with E-state index >= 15 is 0 Å². The minimum absolute atomic E-state index is 0.0576. The van der Waals surface area contributed by atoms with Gasteiger partial charge in [0.15, 0.2) is 5.78 Å². The van der Waals surface area contributed by atoms with Crippen molar-refractivity contribution in [2.75, 3.05) is 0 Å². The molecule has 1 heterocycles. The highest BCUT2D eigenvalue weighted by Gasteiger charge is 2.49. The Labute approximate surface area is 214 Å². The molecule has 2 aliphatic carbocycles. The van der Waals surface area contributed by atoms with Crippen LogP contribution >= 0.6 is 0 Å². The number of ketones is 1. The fourth-order valence-corrected chi connectivity index (χ4v) is 5.68. The molecule has 5 rings (SSSR count). The van der Waals surface area contributed by atoms with Crippen LogP contribution in [-0.2, 0) is 23.2 Å². The Bertz CT molecular complexity index is 1460. The van der Waals surface area contributed by atoms with Crippen molar-refractivity contribution in [3.05, 3.63) is 130 Å². The van der Waals surface area contributed by atoms with Gasteiger partial charge < -0.3 is 4.57 Å². The number of aryl methyl sites for hydroxylation is 3. The number of hydrogen-bond acceptors (Lipinski definition) is 2. The summed E-state index contributed by atoms with van der Waals surface area (Å²) in [4.78, 5) is 17.1. The molecule has 0 N–H and O–H groups in total. The Morgan fingerprint density at radius 1 is 1.08 bits per heavy atom. The average molecular weight is 475 g/mol. The third-order valence-electron chi connectivity index (χ3n) is 7.55. The molecule has 1 unspecified atom stereocenters. The quantitative estimate of drug-likeness (QED) is 0.354. The van der Waals surface area contributed by atoms with Crippen LogP contribution in [0.4, 0.5) is 0 Å². The molecule has 0 spiro atoms. The first-order chi connectivity index (χ1) is 17.3. The number of imidazole rings is 1. The van der Waals surface area contributed by atoms with Crippen molar-refractivity contribution in [1.82, 2.24) is 9.55 Å². The molecule has 0 saturated carbocycles. The van der Waals surface area contributed by atoms with E-state index in [0.29, 0.717) is 0 Å². The molecule has 1 aromatic heterocycles. The number of hydrogen-bond donors (Lipinski definition) is 0. The summed E-state index contributed by atoms with van der Waals surface area (Å²) in [6.07, 6.45) is 14.2. The number of carbonyl (C=O) groups is 1. The predicted molar refractivity (Wildman–Crippen MR) is 148 cm³/mol. The van der Waals surface area contributed by atoms with E-state index in [1.807, 2.05) is 6.33 Å². The third kappa shape index (κ3) is 4.03. The van der Waals surface area contributed by atoms with Gasteiger partial charge in [-0.05, 0) is 86.6 Å². The summed E-state index contributed by atoms with van der Waals surface area (Å²) in [5.41, 5.74) is 11.6. The lowest BCUT2D eigenvalue weighted by atomic mass is 9.60. The van der Waals surface area contributed by atoms with Crippen LogP contribution in [-0.4, -0.2) is 15.3 Å². The average Bonchev–Trinajstić information content (AvgIpc) is 3.02. The van der Waals surface area contributed by atoms with E-state index in [0.717, 1.165) is 41.7 Å². The number of allylic oxidation sites excluding steroid dienone is 8. The molecular formula is C33H34N2O. The van der Waals surface area contributed by atoms with Gasteiger partial charge in [-0.1, -0.05) is 71.8 Å². The zero-order chi connectivity index (χ0) is 25.4. The van der Waals surface area contributed by atoms with E-state index in [4.69, 9.17) is 4.98 Å². The van der Waals surface area contributed by atoms with Crippen LogP contribution in [0.2, 0.25) is 0 Å². The molecule has 2 aliphatic rings. The van der Waals surface area contributed by atoms with Gasteiger partial charge in [0, 0.05) is 13.0 Å². The maximum absolute atomic E-state index is 12.4. The summed E-state index contributed by atoms with van der Waals surface area (Å²) in [7, 11) is 0. The molecular weight excluding hydrogens is 440 g/mol. The van der Waals surface area contributed by atoms with Crippen molar-refractivity contribution >= 4 is 11.4 Å². The molecule has 1 atom stereocenters. The molecule has 0 saturated heterocycles. The van der Waals surface area contributed by atoms with Gasteiger partial charge in [0.25, 0.3) is 0 Å². The monoisotopic (exact) mass is 474 g/mol. The third-order valence-corrected chi connectivity index (χ3v) is 7.55. The van der Waals surface area contributed by atoms with Gasteiger partial charge in [0.2, 0.25) is 0 Å². The highest BCUT2D eigenvalue weighted by Crippen LogP contribution is 2.51. The number of rotatable bonds is 6. The van der Waals surface area contributed by atoms with E-state index in [1.54, 1.807) is 13.0 Å². The first-order valence-electron chi connectivity index (χ1n) is 12.8. The lowest BCUT2D eigenvalue weighted by Gasteiger charge is -2.43. The Hall–Kier alpha value is -3.72. The van der Waals surface area contributed by atoms with Crippen LogP contribution in [0, 0.1) is 13.8 Å². The fraction of sp³-hybridized carbons (Fsp3) is 0.273. The molecule has 2 aromatic carbocycles. The normalized spacial score (nSPS) is 19.2. The maximum Gasteiger partial charge on any atom is 0.153 e. The van der Waals surface area contributed by atoms with Crippen LogP contribution in [0.25, 0.3) is 5.57 Å². The number of fused-ring (bicyclic) bond motifs is 1. The van der Waals surface area contributed by atoms with Crippen molar-refractivity contribution in [2.45, 2.75) is 59.4 Å². The molecule has 182 valence electrons. The van der Waals surface area contributed by atoms with Gasteiger partial charge in [0.05, 0.1) is 23.1 Å². The summed E-state index contributed by atoms with van der Waals surface area (Å²) in [5.74, 6) is 0.0576. The van der Waals surface area contributed by atoms with Gasteiger partial charge in [-0.15, -0.1) is 0 Å². The summed E-state index contributed by atoms with van der Waals surface area (Å²) in [5, 5.41) is 0. The second kappa shape index (κ2) is 9.39. The van der Waals surface area contributed by atoms with E-state index < -0.39 is 0 Å². The van der Waals surface area contributed by atoms with E-state index in [-0.39, 0.29) is 11.2 Å². The van der Waals surface area contributed by atoms with Gasteiger partial charge in [-0.2, -0.15) is 0 Å². The number of benzene rings is 2. The standard InChI is InChI=1S/C33H34N2O/c1-6-35-21-34-31-20-33(32(31)35,27-14-11-22(2)12-15-27)28-16-13-24(4)29(19-28)30(18-25(5)36)26-10-8-7-9-23(3)17-26/h7,9-19,21H,6,8,20H2,1-5H3/b30-18-. The van der Waals surface area contributed by atoms with Gasteiger partial charge in [0.1, 0.15) is 0 Å².